The number of nitrogens with one attached hydrogen (secondary N) is 1. The topological polar surface area (TPSA) is 42.0 Å². The maximum absolute atomic E-state index is 13.4. The molecule has 0 saturated carbocycles. The number of aryl methyl sites for hydroxylation is 1. The monoisotopic (exact) mass is 262 g/mol. The summed E-state index contributed by atoms with van der Waals surface area (Å²) in [6.07, 6.45) is 3.69. The van der Waals surface area contributed by atoms with Crippen LogP contribution in [0, 0.1) is 11.6 Å². The lowest BCUT2D eigenvalue weighted by Crippen LogP contribution is -2.15. The maximum atomic E-state index is 13.4. The number of benzene rings is 1. The highest BCUT2D eigenvalue weighted by Gasteiger charge is 2.13. The predicted octanol–water partition coefficient (Wildman–Crippen LogP) is 3.17. The summed E-state index contributed by atoms with van der Waals surface area (Å²) in [5, 5.41) is 2.36. The molecule has 2 aromatic rings. The number of pyridine rings is 1. The first-order valence-corrected chi connectivity index (χ1v) is 5.81. The number of rotatable bonds is 3. The molecule has 0 spiro atoms. The molecule has 1 amide bonds. The van der Waals surface area contributed by atoms with Crippen LogP contribution in [-0.2, 0) is 6.42 Å². The van der Waals surface area contributed by atoms with Crippen molar-refractivity contribution in [2.75, 3.05) is 5.32 Å². The van der Waals surface area contributed by atoms with Crippen LogP contribution in [0.1, 0.15) is 22.8 Å². The van der Waals surface area contributed by atoms with Crippen LogP contribution in [0.3, 0.4) is 0 Å². The summed E-state index contributed by atoms with van der Waals surface area (Å²) in [5.41, 5.74) is 0.974. The largest absolute Gasteiger partial charge is 0.319 e. The molecule has 1 N–H and O–H groups in total. The Bertz CT molecular complexity index is 614. The first-order valence-electron chi connectivity index (χ1n) is 5.81. The van der Waals surface area contributed by atoms with Crippen LogP contribution in [0.5, 0.6) is 0 Å². The number of carbonyl (C=O) groups excluding carboxylic acids is 1. The Morgan fingerprint density at radius 2 is 2.11 bits per heavy atom. The molecule has 1 aromatic carbocycles. The van der Waals surface area contributed by atoms with Crippen LogP contribution in [0.2, 0.25) is 0 Å². The minimum atomic E-state index is -0.679. The molecule has 3 nitrogen and oxygen atoms in total. The van der Waals surface area contributed by atoms with Gasteiger partial charge >= 0.3 is 0 Å². The fourth-order valence-corrected chi connectivity index (χ4v) is 1.71. The van der Waals surface area contributed by atoms with Crippen molar-refractivity contribution in [2.24, 2.45) is 0 Å². The van der Waals surface area contributed by atoms with Crippen LogP contribution in [0.4, 0.5) is 14.5 Å². The molecule has 0 bridgehead atoms. The van der Waals surface area contributed by atoms with Gasteiger partial charge in [-0.1, -0.05) is 6.92 Å². The van der Waals surface area contributed by atoms with Gasteiger partial charge in [0, 0.05) is 24.0 Å². The van der Waals surface area contributed by atoms with Crippen LogP contribution in [0.15, 0.2) is 36.7 Å². The number of hydrogen-bond donors (Lipinski definition) is 1. The van der Waals surface area contributed by atoms with Crippen molar-refractivity contribution in [1.82, 2.24) is 4.98 Å². The lowest BCUT2D eigenvalue weighted by atomic mass is 10.1. The van der Waals surface area contributed by atoms with E-state index in [1.807, 2.05) is 6.92 Å². The van der Waals surface area contributed by atoms with Crippen molar-refractivity contribution in [2.45, 2.75) is 13.3 Å². The number of carbonyl (C=O) groups is 1. The lowest BCUT2D eigenvalue weighted by Gasteiger charge is -2.09. The molecule has 5 heteroatoms. The normalized spacial score (nSPS) is 10.3. The van der Waals surface area contributed by atoms with E-state index >= 15 is 0 Å². The zero-order valence-corrected chi connectivity index (χ0v) is 10.3. The Morgan fingerprint density at radius 3 is 2.84 bits per heavy atom. The average molecular weight is 262 g/mol. The van der Waals surface area contributed by atoms with Crippen LogP contribution >= 0.6 is 0 Å². The number of anilines is 1. The van der Waals surface area contributed by atoms with E-state index in [1.54, 1.807) is 12.3 Å². The lowest BCUT2D eigenvalue weighted by molar-refractivity contribution is 0.102. The highest BCUT2D eigenvalue weighted by Crippen LogP contribution is 2.17. The van der Waals surface area contributed by atoms with E-state index in [0.29, 0.717) is 12.0 Å². The second kappa shape index (κ2) is 5.56. The third kappa shape index (κ3) is 2.93. The SMILES string of the molecule is CCc1cnccc1C(=O)Nc1cc(F)ccc1F. The number of halogens is 2. The summed E-state index contributed by atoms with van der Waals surface area (Å²) in [4.78, 5) is 16.0. The van der Waals surface area contributed by atoms with Gasteiger partial charge < -0.3 is 5.32 Å². The minimum Gasteiger partial charge on any atom is -0.319 e. The fraction of sp³-hybridized carbons (Fsp3) is 0.143. The molecule has 0 saturated heterocycles. The van der Waals surface area contributed by atoms with Crippen molar-refractivity contribution in [3.05, 3.63) is 59.4 Å². The molecular weight excluding hydrogens is 250 g/mol. The number of amides is 1. The molecule has 1 heterocycles. The smallest absolute Gasteiger partial charge is 0.256 e. The van der Waals surface area contributed by atoms with Crippen molar-refractivity contribution < 1.29 is 13.6 Å². The zero-order valence-electron chi connectivity index (χ0n) is 10.3. The molecule has 0 aliphatic carbocycles. The second-order valence-electron chi connectivity index (χ2n) is 3.96. The van der Waals surface area contributed by atoms with E-state index in [1.165, 1.54) is 6.20 Å². The zero-order chi connectivity index (χ0) is 13.8. The van der Waals surface area contributed by atoms with Gasteiger partial charge in [0.2, 0.25) is 0 Å². The van der Waals surface area contributed by atoms with E-state index in [-0.39, 0.29) is 5.69 Å². The summed E-state index contributed by atoms with van der Waals surface area (Å²) >= 11 is 0. The highest BCUT2D eigenvalue weighted by molar-refractivity contribution is 6.05. The summed E-state index contributed by atoms with van der Waals surface area (Å²) in [6, 6.07) is 4.46. The van der Waals surface area contributed by atoms with E-state index in [0.717, 1.165) is 23.8 Å². The van der Waals surface area contributed by atoms with Gasteiger partial charge in [-0.3, -0.25) is 9.78 Å². The van der Waals surface area contributed by atoms with Crippen molar-refractivity contribution in [3.63, 3.8) is 0 Å². The first kappa shape index (κ1) is 13.1. The maximum Gasteiger partial charge on any atom is 0.256 e. The molecular formula is C14H12F2N2O. The third-order valence-corrected chi connectivity index (χ3v) is 2.71. The molecule has 98 valence electrons. The first-order chi connectivity index (χ1) is 9.11. The highest BCUT2D eigenvalue weighted by atomic mass is 19.1. The molecule has 2 rings (SSSR count). The third-order valence-electron chi connectivity index (χ3n) is 2.71. The molecule has 0 unspecified atom stereocenters. The minimum absolute atomic E-state index is 0.177. The van der Waals surface area contributed by atoms with Gasteiger partial charge in [-0.15, -0.1) is 0 Å². The van der Waals surface area contributed by atoms with Crippen molar-refractivity contribution >= 4 is 11.6 Å². The molecule has 0 aliphatic rings. The quantitative estimate of drug-likeness (QED) is 0.923. The van der Waals surface area contributed by atoms with Crippen LogP contribution in [0.25, 0.3) is 0 Å². The molecule has 1 aromatic heterocycles. The summed E-state index contributed by atoms with van der Waals surface area (Å²) in [6.45, 7) is 1.89. The van der Waals surface area contributed by atoms with Gasteiger partial charge in [-0.05, 0) is 30.2 Å². The Balaban J connectivity index is 2.28. The summed E-state index contributed by atoms with van der Waals surface area (Å²) in [5.74, 6) is -1.77. The number of nitrogens with zero attached hydrogens (tertiary/aromatic N) is 1. The van der Waals surface area contributed by atoms with Gasteiger partial charge in [0.05, 0.1) is 5.69 Å². The molecule has 0 atom stereocenters. The predicted molar refractivity (Wildman–Crippen MR) is 67.9 cm³/mol. The second-order valence-corrected chi connectivity index (χ2v) is 3.96. The van der Waals surface area contributed by atoms with Gasteiger partial charge in [0.25, 0.3) is 5.91 Å². The number of hydrogen-bond acceptors (Lipinski definition) is 2. The van der Waals surface area contributed by atoms with E-state index in [4.69, 9.17) is 0 Å². The Morgan fingerprint density at radius 1 is 1.32 bits per heavy atom. The number of aromatic nitrogens is 1. The average Bonchev–Trinajstić information content (AvgIpc) is 2.42. The molecule has 0 fully saturated rings. The molecule has 19 heavy (non-hydrogen) atoms. The molecule has 0 radical (unpaired) electrons. The Hall–Kier alpha value is -2.30. The van der Waals surface area contributed by atoms with Gasteiger partial charge in [0.1, 0.15) is 11.6 Å². The van der Waals surface area contributed by atoms with Crippen molar-refractivity contribution in [1.29, 1.82) is 0 Å². The van der Waals surface area contributed by atoms with Gasteiger partial charge in [-0.25, -0.2) is 8.78 Å². The fourth-order valence-electron chi connectivity index (χ4n) is 1.71. The van der Waals surface area contributed by atoms with E-state index in [2.05, 4.69) is 10.3 Å². The van der Waals surface area contributed by atoms with Gasteiger partial charge in [0.15, 0.2) is 0 Å². The Labute approximate surface area is 109 Å². The standard InChI is InChI=1S/C14H12F2N2O/c1-2-9-8-17-6-5-11(9)14(19)18-13-7-10(15)3-4-12(13)16/h3-8H,2H2,1H3,(H,18,19). The summed E-state index contributed by atoms with van der Waals surface area (Å²) < 4.78 is 26.5. The van der Waals surface area contributed by atoms with E-state index in [9.17, 15) is 13.6 Å². The van der Waals surface area contributed by atoms with Gasteiger partial charge in [-0.2, -0.15) is 0 Å². The van der Waals surface area contributed by atoms with Crippen LogP contribution in [-0.4, -0.2) is 10.9 Å². The van der Waals surface area contributed by atoms with E-state index < -0.39 is 17.5 Å². The van der Waals surface area contributed by atoms with Crippen LogP contribution < -0.4 is 5.32 Å². The summed E-state index contributed by atoms with van der Waals surface area (Å²) in [7, 11) is 0. The molecule has 0 aliphatic heterocycles. The Kier molecular flexibility index (Phi) is 3.85. The van der Waals surface area contributed by atoms with Crippen molar-refractivity contribution in [3.8, 4) is 0 Å².